The van der Waals surface area contributed by atoms with Gasteiger partial charge in [0.25, 0.3) is 0 Å². The monoisotopic (exact) mass is 127 g/mol. The highest BCUT2D eigenvalue weighted by Crippen LogP contribution is 1.89. The van der Waals surface area contributed by atoms with Crippen LogP contribution in [-0.2, 0) is 4.79 Å². The maximum Gasteiger partial charge on any atom is 0.133 e. The van der Waals surface area contributed by atoms with Gasteiger partial charge in [-0.25, -0.2) is 5.32 Å². The van der Waals surface area contributed by atoms with E-state index in [9.17, 15) is 4.79 Å². The second kappa shape index (κ2) is 3.58. The first-order chi connectivity index (χ1) is 4.43. The summed E-state index contributed by atoms with van der Waals surface area (Å²) in [7, 11) is 0. The van der Waals surface area contributed by atoms with Gasteiger partial charge in [-0.2, -0.15) is 0 Å². The number of aldehydes is 1. The van der Waals surface area contributed by atoms with Gasteiger partial charge in [-0.3, -0.25) is 4.90 Å². The summed E-state index contributed by atoms with van der Waals surface area (Å²) in [6.45, 7) is 4.29. The van der Waals surface area contributed by atoms with E-state index in [1.54, 1.807) is 0 Å². The van der Waals surface area contributed by atoms with Crippen LogP contribution in [0, 0.1) is 0 Å². The Labute approximate surface area is 55.0 Å². The highest BCUT2D eigenvalue weighted by atomic mass is 16.1. The smallest absolute Gasteiger partial charge is 0.133 e. The topological polar surface area (TPSA) is 34.4 Å². The van der Waals surface area contributed by atoms with E-state index in [0.29, 0.717) is 6.54 Å². The number of hydrogen-bond donors (Lipinski definition) is 0. The maximum atomic E-state index is 10.0. The Balaban J connectivity index is 2.15. The predicted octanol–water partition coefficient (Wildman–Crippen LogP) is -0.895. The molecule has 0 saturated carbocycles. The third kappa shape index (κ3) is 2.11. The molecule has 3 heteroatoms. The van der Waals surface area contributed by atoms with Crippen molar-refractivity contribution in [2.24, 2.45) is 0 Å². The van der Waals surface area contributed by atoms with E-state index in [1.165, 1.54) is 0 Å². The third-order valence-electron chi connectivity index (χ3n) is 1.48. The van der Waals surface area contributed by atoms with Gasteiger partial charge in [-0.1, -0.05) is 0 Å². The van der Waals surface area contributed by atoms with Crippen molar-refractivity contribution in [3.8, 4) is 0 Å². The summed E-state index contributed by atoms with van der Waals surface area (Å²) >= 11 is 0. The highest BCUT2D eigenvalue weighted by molar-refractivity contribution is 5.51. The SMILES string of the molecule is O=CCN1CC[N]CC1. The molecule has 1 aliphatic heterocycles. The van der Waals surface area contributed by atoms with E-state index in [4.69, 9.17) is 0 Å². The van der Waals surface area contributed by atoms with Gasteiger partial charge in [0.05, 0.1) is 6.54 Å². The van der Waals surface area contributed by atoms with Gasteiger partial charge in [0.1, 0.15) is 6.29 Å². The second-order valence-corrected chi connectivity index (χ2v) is 2.14. The van der Waals surface area contributed by atoms with Crippen molar-refractivity contribution in [1.82, 2.24) is 10.2 Å². The van der Waals surface area contributed by atoms with E-state index in [2.05, 4.69) is 10.2 Å². The van der Waals surface area contributed by atoms with Gasteiger partial charge < -0.3 is 4.79 Å². The zero-order valence-electron chi connectivity index (χ0n) is 5.42. The number of carbonyl (C=O) groups is 1. The van der Waals surface area contributed by atoms with Gasteiger partial charge in [-0.05, 0) is 0 Å². The molecule has 1 rings (SSSR count). The Morgan fingerprint density at radius 3 is 2.67 bits per heavy atom. The summed E-state index contributed by atoms with van der Waals surface area (Å²) in [5, 5.41) is 4.15. The molecule has 0 bridgehead atoms. The molecule has 0 aromatic heterocycles. The first kappa shape index (κ1) is 6.71. The van der Waals surface area contributed by atoms with E-state index in [-0.39, 0.29) is 0 Å². The van der Waals surface area contributed by atoms with Gasteiger partial charge in [0, 0.05) is 26.2 Å². The Hall–Kier alpha value is -0.410. The minimum atomic E-state index is 0.579. The van der Waals surface area contributed by atoms with Gasteiger partial charge in [-0.15, -0.1) is 0 Å². The van der Waals surface area contributed by atoms with Crippen molar-refractivity contribution in [3.63, 3.8) is 0 Å². The van der Waals surface area contributed by atoms with E-state index >= 15 is 0 Å². The van der Waals surface area contributed by atoms with Crippen LogP contribution in [0.25, 0.3) is 0 Å². The average Bonchev–Trinajstić information content (AvgIpc) is 1.91. The second-order valence-electron chi connectivity index (χ2n) is 2.14. The van der Waals surface area contributed by atoms with Crippen LogP contribution < -0.4 is 5.32 Å². The number of rotatable bonds is 2. The average molecular weight is 127 g/mol. The number of carbonyl (C=O) groups excluding carboxylic acids is 1. The molecule has 1 aliphatic rings. The molecule has 0 N–H and O–H groups in total. The van der Waals surface area contributed by atoms with Gasteiger partial charge in [0.2, 0.25) is 0 Å². The molecule has 0 spiro atoms. The van der Waals surface area contributed by atoms with E-state index < -0.39 is 0 Å². The summed E-state index contributed by atoms with van der Waals surface area (Å²) in [5.41, 5.74) is 0. The molecule has 51 valence electrons. The van der Waals surface area contributed by atoms with Crippen LogP contribution in [0.5, 0.6) is 0 Å². The molecule has 0 aromatic rings. The quantitative estimate of drug-likeness (QED) is 0.451. The molecule has 0 unspecified atom stereocenters. The first-order valence-corrected chi connectivity index (χ1v) is 3.23. The Kier molecular flexibility index (Phi) is 2.67. The van der Waals surface area contributed by atoms with Crippen molar-refractivity contribution in [2.75, 3.05) is 32.7 Å². The predicted molar refractivity (Wildman–Crippen MR) is 34.4 cm³/mol. The number of nitrogens with zero attached hydrogens (tertiary/aromatic N) is 2. The normalized spacial score (nSPS) is 21.8. The molecule has 0 aromatic carbocycles. The number of hydrogen-bond acceptors (Lipinski definition) is 2. The van der Waals surface area contributed by atoms with Crippen LogP contribution >= 0.6 is 0 Å². The van der Waals surface area contributed by atoms with Crippen LogP contribution in [0.3, 0.4) is 0 Å². The summed E-state index contributed by atoms with van der Waals surface area (Å²) in [5.74, 6) is 0. The fourth-order valence-corrected chi connectivity index (χ4v) is 0.936. The van der Waals surface area contributed by atoms with Crippen molar-refractivity contribution in [2.45, 2.75) is 0 Å². The van der Waals surface area contributed by atoms with Gasteiger partial charge >= 0.3 is 0 Å². The largest absolute Gasteiger partial charge is 0.302 e. The molecule has 3 nitrogen and oxygen atoms in total. The lowest BCUT2D eigenvalue weighted by atomic mass is 10.4. The third-order valence-corrected chi connectivity index (χ3v) is 1.48. The molecule has 1 saturated heterocycles. The summed E-state index contributed by atoms with van der Waals surface area (Å²) in [6.07, 6.45) is 0.950. The minimum absolute atomic E-state index is 0.579. The first-order valence-electron chi connectivity index (χ1n) is 3.23. The van der Waals surface area contributed by atoms with Crippen molar-refractivity contribution in [3.05, 3.63) is 0 Å². The highest BCUT2D eigenvalue weighted by Gasteiger charge is 2.07. The molecular weight excluding hydrogens is 116 g/mol. The lowest BCUT2D eigenvalue weighted by Crippen LogP contribution is -2.40. The van der Waals surface area contributed by atoms with Crippen LogP contribution in [-0.4, -0.2) is 43.9 Å². The summed E-state index contributed by atoms with van der Waals surface area (Å²) in [4.78, 5) is 12.1. The molecular formula is C6H11N2O. The molecule has 1 fully saturated rings. The Bertz CT molecular complexity index is 89.1. The van der Waals surface area contributed by atoms with Crippen molar-refractivity contribution >= 4 is 6.29 Å². The zero-order valence-corrected chi connectivity index (χ0v) is 5.42. The summed E-state index contributed by atoms with van der Waals surface area (Å²) < 4.78 is 0. The lowest BCUT2D eigenvalue weighted by molar-refractivity contribution is -0.109. The van der Waals surface area contributed by atoms with Crippen molar-refractivity contribution < 1.29 is 4.79 Å². The van der Waals surface area contributed by atoms with E-state index in [0.717, 1.165) is 32.5 Å². The van der Waals surface area contributed by atoms with Crippen LogP contribution in [0.2, 0.25) is 0 Å². The molecule has 1 heterocycles. The molecule has 0 atom stereocenters. The van der Waals surface area contributed by atoms with Gasteiger partial charge in [0.15, 0.2) is 0 Å². The lowest BCUT2D eigenvalue weighted by Gasteiger charge is -2.23. The standard InChI is InChI=1S/C6H11N2O/c9-6-5-8-3-1-7-2-4-8/h6H,1-5H2. The van der Waals surface area contributed by atoms with E-state index in [1.807, 2.05) is 0 Å². The van der Waals surface area contributed by atoms with Crippen molar-refractivity contribution in [1.29, 1.82) is 0 Å². The fourth-order valence-electron chi connectivity index (χ4n) is 0.936. The van der Waals surface area contributed by atoms with Crippen LogP contribution in [0.1, 0.15) is 0 Å². The minimum Gasteiger partial charge on any atom is -0.302 e. The van der Waals surface area contributed by atoms with Crippen LogP contribution in [0.4, 0.5) is 0 Å². The maximum absolute atomic E-state index is 10.0. The Morgan fingerprint density at radius 2 is 2.11 bits per heavy atom. The molecule has 1 radical (unpaired) electrons. The molecule has 0 aliphatic carbocycles. The Morgan fingerprint density at radius 1 is 1.44 bits per heavy atom. The summed E-state index contributed by atoms with van der Waals surface area (Å²) in [6, 6.07) is 0. The zero-order chi connectivity index (χ0) is 6.53. The fraction of sp³-hybridized carbons (Fsp3) is 0.833. The number of piperazine rings is 1. The molecule has 0 amide bonds. The van der Waals surface area contributed by atoms with Crippen LogP contribution in [0.15, 0.2) is 0 Å². The molecule has 9 heavy (non-hydrogen) atoms.